The maximum absolute atomic E-state index is 10.8. The van der Waals surface area contributed by atoms with Crippen LogP contribution in [-0.4, -0.2) is 29.3 Å². The van der Waals surface area contributed by atoms with E-state index in [-0.39, 0.29) is 12.7 Å². The van der Waals surface area contributed by atoms with Crippen LogP contribution >= 0.6 is 0 Å². The summed E-state index contributed by atoms with van der Waals surface area (Å²) in [5, 5.41) is 8.86. The third-order valence-electron chi connectivity index (χ3n) is 3.42. The fourth-order valence-corrected chi connectivity index (χ4v) is 2.12. The van der Waals surface area contributed by atoms with Gasteiger partial charge in [0, 0.05) is 0 Å². The molecule has 0 bridgehead atoms. The van der Waals surface area contributed by atoms with Gasteiger partial charge in [0.2, 0.25) is 0 Å². The van der Waals surface area contributed by atoms with E-state index in [4.69, 9.17) is 15.6 Å². The maximum atomic E-state index is 10.8. The molecule has 0 radical (unpaired) electrons. The van der Waals surface area contributed by atoms with E-state index in [0.717, 1.165) is 18.8 Å². The molecule has 1 saturated carbocycles. The summed E-state index contributed by atoms with van der Waals surface area (Å²) >= 11 is 0. The SMILES string of the molecule is CCC1CCCC(OCC(C)(N)C(=O)O)C1. The van der Waals surface area contributed by atoms with Crippen molar-refractivity contribution in [3.05, 3.63) is 0 Å². The lowest BCUT2D eigenvalue weighted by Crippen LogP contribution is -2.50. The highest BCUT2D eigenvalue weighted by molar-refractivity contribution is 5.77. The molecule has 94 valence electrons. The lowest BCUT2D eigenvalue weighted by atomic mass is 9.85. The molecule has 3 N–H and O–H groups in total. The number of rotatable bonds is 5. The molecular weight excluding hydrogens is 206 g/mol. The molecule has 0 aromatic carbocycles. The van der Waals surface area contributed by atoms with Gasteiger partial charge >= 0.3 is 5.97 Å². The molecular formula is C12H23NO3. The summed E-state index contributed by atoms with van der Waals surface area (Å²) in [4.78, 5) is 10.8. The molecule has 1 fully saturated rings. The minimum absolute atomic E-state index is 0.101. The van der Waals surface area contributed by atoms with E-state index in [9.17, 15) is 4.79 Å². The molecule has 1 aliphatic carbocycles. The van der Waals surface area contributed by atoms with Crippen LogP contribution in [0.4, 0.5) is 0 Å². The molecule has 0 aromatic heterocycles. The molecule has 4 nitrogen and oxygen atoms in total. The third-order valence-corrected chi connectivity index (χ3v) is 3.42. The number of hydrogen-bond acceptors (Lipinski definition) is 3. The molecule has 3 unspecified atom stereocenters. The minimum atomic E-state index is -1.26. The Morgan fingerprint density at radius 2 is 2.25 bits per heavy atom. The average molecular weight is 229 g/mol. The van der Waals surface area contributed by atoms with Crippen LogP contribution in [0.1, 0.15) is 46.0 Å². The molecule has 4 heteroatoms. The molecule has 0 amide bonds. The normalized spacial score (nSPS) is 29.7. The molecule has 0 spiro atoms. The molecule has 0 saturated heterocycles. The van der Waals surface area contributed by atoms with Gasteiger partial charge in [0.1, 0.15) is 5.54 Å². The molecule has 0 aliphatic heterocycles. The van der Waals surface area contributed by atoms with Crippen molar-refractivity contribution in [3.8, 4) is 0 Å². The highest BCUT2D eigenvalue weighted by Crippen LogP contribution is 2.28. The second kappa shape index (κ2) is 5.64. The van der Waals surface area contributed by atoms with Crippen molar-refractivity contribution in [1.29, 1.82) is 0 Å². The van der Waals surface area contributed by atoms with Crippen LogP contribution in [0.5, 0.6) is 0 Å². The quantitative estimate of drug-likeness (QED) is 0.753. The molecule has 1 aliphatic rings. The van der Waals surface area contributed by atoms with Gasteiger partial charge in [-0.15, -0.1) is 0 Å². The number of ether oxygens (including phenoxy) is 1. The van der Waals surface area contributed by atoms with Gasteiger partial charge in [-0.25, -0.2) is 0 Å². The predicted molar refractivity (Wildman–Crippen MR) is 62.2 cm³/mol. The van der Waals surface area contributed by atoms with E-state index in [1.807, 2.05) is 0 Å². The number of carboxylic acid groups (broad SMARTS) is 1. The summed E-state index contributed by atoms with van der Waals surface area (Å²) in [5.74, 6) is -0.275. The fraction of sp³-hybridized carbons (Fsp3) is 0.917. The van der Waals surface area contributed by atoms with E-state index >= 15 is 0 Å². The first-order chi connectivity index (χ1) is 7.45. The molecule has 3 atom stereocenters. The number of carbonyl (C=O) groups is 1. The van der Waals surface area contributed by atoms with Gasteiger partial charge in [-0.2, -0.15) is 0 Å². The van der Waals surface area contributed by atoms with Crippen LogP contribution in [0.15, 0.2) is 0 Å². The maximum Gasteiger partial charge on any atom is 0.325 e. The average Bonchev–Trinajstić information content (AvgIpc) is 2.26. The predicted octanol–water partition coefficient (Wildman–Crippen LogP) is 1.77. The lowest BCUT2D eigenvalue weighted by molar-refractivity contribution is -0.146. The van der Waals surface area contributed by atoms with Crippen LogP contribution in [0.25, 0.3) is 0 Å². The number of hydrogen-bond donors (Lipinski definition) is 2. The topological polar surface area (TPSA) is 72.5 Å². The fourth-order valence-electron chi connectivity index (χ4n) is 2.12. The summed E-state index contributed by atoms with van der Waals surface area (Å²) in [6, 6.07) is 0. The van der Waals surface area contributed by atoms with E-state index in [2.05, 4.69) is 6.92 Å². The Hall–Kier alpha value is -0.610. The smallest absolute Gasteiger partial charge is 0.325 e. The van der Waals surface area contributed by atoms with Crippen LogP contribution in [0.3, 0.4) is 0 Å². The summed E-state index contributed by atoms with van der Waals surface area (Å²) < 4.78 is 5.64. The molecule has 0 aromatic rings. The van der Waals surface area contributed by atoms with Gasteiger partial charge < -0.3 is 15.6 Å². The Balaban J connectivity index is 2.35. The monoisotopic (exact) mass is 229 g/mol. The third kappa shape index (κ3) is 3.76. The Kier molecular flexibility index (Phi) is 4.74. The number of aliphatic carboxylic acids is 1. The Morgan fingerprint density at radius 1 is 1.56 bits per heavy atom. The van der Waals surface area contributed by atoms with E-state index in [1.165, 1.54) is 26.2 Å². The van der Waals surface area contributed by atoms with E-state index in [0.29, 0.717) is 0 Å². The van der Waals surface area contributed by atoms with Crippen molar-refractivity contribution < 1.29 is 14.6 Å². The van der Waals surface area contributed by atoms with Gasteiger partial charge in [-0.3, -0.25) is 4.79 Å². The second-order valence-electron chi connectivity index (χ2n) is 5.10. The first-order valence-electron chi connectivity index (χ1n) is 6.09. The molecule has 0 heterocycles. The zero-order valence-corrected chi connectivity index (χ0v) is 10.2. The van der Waals surface area contributed by atoms with Crippen LogP contribution in [-0.2, 0) is 9.53 Å². The van der Waals surface area contributed by atoms with Gasteiger partial charge in [0.05, 0.1) is 12.7 Å². The standard InChI is InChI=1S/C12H23NO3/c1-3-9-5-4-6-10(7-9)16-8-12(2,13)11(14)15/h9-10H,3-8,13H2,1-2H3,(H,14,15). The lowest BCUT2D eigenvalue weighted by Gasteiger charge is -2.30. The van der Waals surface area contributed by atoms with Crippen LogP contribution in [0, 0.1) is 5.92 Å². The summed E-state index contributed by atoms with van der Waals surface area (Å²) in [6.07, 6.45) is 5.91. The Bertz CT molecular complexity index is 240. The van der Waals surface area contributed by atoms with Crippen LogP contribution < -0.4 is 5.73 Å². The highest BCUT2D eigenvalue weighted by Gasteiger charge is 2.30. The Labute approximate surface area is 97.2 Å². The minimum Gasteiger partial charge on any atom is -0.480 e. The van der Waals surface area contributed by atoms with Crippen molar-refractivity contribution in [1.82, 2.24) is 0 Å². The van der Waals surface area contributed by atoms with Gasteiger partial charge in [-0.05, 0) is 25.7 Å². The number of carboxylic acids is 1. The van der Waals surface area contributed by atoms with Crippen molar-refractivity contribution in [2.45, 2.75) is 57.6 Å². The van der Waals surface area contributed by atoms with E-state index < -0.39 is 11.5 Å². The first kappa shape index (κ1) is 13.5. The summed E-state index contributed by atoms with van der Waals surface area (Å²) in [6.45, 7) is 3.79. The van der Waals surface area contributed by atoms with Gasteiger partial charge in [0.25, 0.3) is 0 Å². The molecule has 16 heavy (non-hydrogen) atoms. The van der Waals surface area contributed by atoms with Gasteiger partial charge in [-0.1, -0.05) is 26.2 Å². The zero-order valence-electron chi connectivity index (χ0n) is 10.2. The first-order valence-corrected chi connectivity index (χ1v) is 6.09. The van der Waals surface area contributed by atoms with Crippen molar-refractivity contribution in [3.63, 3.8) is 0 Å². The highest BCUT2D eigenvalue weighted by atomic mass is 16.5. The Morgan fingerprint density at radius 3 is 2.81 bits per heavy atom. The zero-order chi connectivity index (χ0) is 12.2. The van der Waals surface area contributed by atoms with E-state index in [1.54, 1.807) is 0 Å². The van der Waals surface area contributed by atoms with Gasteiger partial charge in [0.15, 0.2) is 0 Å². The second-order valence-corrected chi connectivity index (χ2v) is 5.10. The molecule has 1 rings (SSSR count). The summed E-state index contributed by atoms with van der Waals surface area (Å²) in [5.41, 5.74) is 4.35. The van der Waals surface area contributed by atoms with Crippen molar-refractivity contribution >= 4 is 5.97 Å². The largest absolute Gasteiger partial charge is 0.480 e. The summed E-state index contributed by atoms with van der Waals surface area (Å²) in [7, 11) is 0. The van der Waals surface area contributed by atoms with Crippen molar-refractivity contribution in [2.24, 2.45) is 11.7 Å². The van der Waals surface area contributed by atoms with Crippen LogP contribution in [0.2, 0.25) is 0 Å². The number of nitrogens with two attached hydrogens (primary N) is 1. The van der Waals surface area contributed by atoms with Crippen molar-refractivity contribution in [2.75, 3.05) is 6.61 Å².